The normalized spacial score (nSPS) is 26.7. The van der Waals surface area contributed by atoms with E-state index in [4.69, 9.17) is 5.73 Å². The van der Waals surface area contributed by atoms with Crippen LogP contribution in [0.5, 0.6) is 0 Å². The molecule has 2 rings (SSSR count). The van der Waals surface area contributed by atoms with Crippen LogP contribution in [0, 0.1) is 5.92 Å². The van der Waals surface area contributed by atoms with Gasteiger partial charge < -0.3 is 5.73 Å². The first-order valence-corrected chi connectivity index (χ1v) is 8.10. The molecule has 0 spiro atoms. The maximum Gasteiger partial charge on any atom is 0.0575 e. The van der Waals surface area contributed by atoms with Crippen LogP contribution in [-0.2, 0) is 10.8 Å². The predicted octanol–water partition coefficient (Wildman–Crippen LogP) is 3.07. The second kappa shape index (κ2) is 6.12. The molecule has 1 aliphatic carbocycles. The minimum atomic E-state index is -0.938. The number of benzene rings is 1. The summed E-state index contributed by atoms with van der Waals surface area (Å²) < 4.78 is 13.6. The molecule has 0 aliphatic heterocycles. The Bertz CT molecular complexity index is 410. The largest absolute Gasteiger partial charge is 0.330 e. The maximum absolute atomic E-state index is 12.6. The number of halogens is 1. The van der Waals surface area contributed by atoms with Crippen molar-refractivity contribution in [3.05, 3.63) is 28.7 Å². The monoisotopic (exact) mass is 315 g/mol. The minimum Gasteiger partial charge on any atom is -0.330 e. The van der Waals surface area contributed by atoms with E-state index in [-0.39, 0.29) is 5.25 Å². The van der Waals surface area contributed by atoms with Crippen molar-refractivity contribution in [3.8, 4) is 0 Å². The lowest BCUT2D eigenvalue weighted by molar-refractivity contribution is 0.372. The van der Waals surface area contributed by atoms with Crippen LogP contribution < -0.4 is 5.73 Å². The molecule has 3 atom stereocenters. The van der Waals surface area contributed by atoms with E-state index in [0.717, 1.165) is 22.2 Å². The van der Waals surface area contributed by atoms with Gasteiger partial charge in [-0.3, -0.25) is 4.21 Å². The van der Waals surface area contributed by atoms with Crippen LogP contribution in [0.1, 0.15) is 25.7 Å². The van der Waals surface area contributed by atoms with Gasteiger partial charge in [-0.1, -0.05) is 25.0 Å². The fourth-order valence-corrected chi connectivity index (χ4v) is 5.04. The van der Waals surface area contributed by atoms with Crippen LogP contribution >= 0.6 is 15.9 Å². The molecule has 1 aliphatic rings. The van der Waals surface area contributed by atoms with Crippen LogP contribution in [0.15, 0.2) is 33.6 Å². The fraction of sp³-hybridized carbons (Fsp3) is 0.538. The SMILES string of the molecule is NCC1CCCCC1S(=O)c1ccccc1Br. The first kappa shape index (κ1) is 13.2. The summed E-state index contributed by atoms with van der Waals surface area (Å²) in [5.74, 6) is 0.414. The van der Waals surface area contributed by atoms with Gasteiger partial charge in [-0.2, -0.15) is 0 Å². The molecule has 1 aromatic carbocycles. The third-order valence-corrected chi connectivity index (χ3v) is 6.38. The molecule has 17 heavy (non-hydrogen) atoms. The van der Waals surface area contributed by atoms with Crippen molar-refractivity contribution in [1.82, 2.24) is 0 Å². The summed E-state index contributed by atoms with van der Waals surface area (Å²) in [5.41, 5.74) is 5.80. The van der Waals surface area contributed by atoms with E-state index in [9.17, 15) is 4.21 Å². The van der Waals surface area contributed by atoms with Gasteiger partial charge in [0.05, 0.1) is 15.7 Å². The molecule has 0 radical (unpaired) electrons. The van der Waals surface area contributed by atoms with Gasteiger partial charge in [0.15, 0.2) is 0 Å². The summed E-state index contributed by atoms with van der Waals surface area (Å²) in [5, 5.41) is 0.229. The Morgan fingerprint density at radius 1 is 1.29 bits per heavy atom. The Morgan fingerprint density at radius 2 is 2.00 bits per heavy atom. The molecule has 94 valence electrons. The van der Waals surface area contributed by atoms with Gasteiger partial charge in [-0.15, -0.1) is 0 Å². The Morgan fingerprint density at radius 3 is 2.71 bits per heavy atom. The molecule has 2 N–H and O–H groups in total. The van der Waals surface area contributed by atoms with Crippen LogP contribution in [0.2, 0.25) is 0 Å². The Kier molecular flexibility index (Phi) is 4.77. The van der Waals surface area contributed by atoms with Crippen molar-refractivity contribution in [3.63, 3.8) is 0 Å². The Balaban J connectivity index is 2.21. The van der Waals surface area contributed by atoms with Gasteiger partial charge in [0, 0.05) is 9.72 Å². The molecule has 1 aromatic rings. The number of hydrogen-bond donors (Lipinski definition) is 1. The van der Waals surface area contributed by atoms with Crippen molar-refractivity contribution in [2.45, 2.75) is 35.8 Å². The van der Waals surface area contributed by atoms with Gasteiger partial charge in [0.1, 0.15) is 0 Å². The number of rotatable bonds is 3. The Hall–Kier alpha value is -0.190. The summed E-state index contributed by atoms with van der Waals surface area (Å²) >= 11 is 3.48. The summed E-state index contributed by atoms with van der Waals surface area (Å²) in [6.45, 7) is 0.654. The molecule has 0 heterocycles. The predicted molar refractivity (Wildman–Crippen MR) is 75.4 cm³/mol. The zero-order valence-electron chi connectivity index (χ0n) is 9.77. The van der Waals surface area contributed by atoms with Crippen molar-refractivity contribution < 1.29 is 4.21 Å². The van der Waals surface area contributed by atoms with Gasteiger partial charge >= 0.3 is 0 Å². The summed E-state index contributed by atoms with van der Waals surface area (Å²) in [4.78, 5) is 0.915. The van der Waals surface area contributed by atoms with E-state index in [0.29, 0.717) is 12.5 Å². The third kappa shape index (κ3) is 2.98. The fourth-order valence-electron chi connectivity index (χ4n) is 2.50. The maximum atomic E-state index is 12.6. The molecular weight excluding hydrogens is 298 g/mol. The highest BCUT2D eigenvalue weighted by atomic mass is 79.9. The highest BCUT2D eigenvalue weighted by Gasteiger charge is 2.30. The van der Waals surface area contributed by atoms with Crippen molar-refractivity contribution >= 4 is 26.7 Å². The minimum absolute atomic E-state index is 0.229. The zero-order chi connectivity index (χ0) is 12.3. The molecule has 3 unspecified atom stereocenters. The third-order valence-electron chi connectivity index (χ3n) is 3.47. The lowest BCUT2D eigenvalue weighted by Crippen LogP contribution is -2.34. The van der Waals surface area contributed by atoms with E-state index in [1.54, 1.807) is 0 Å². The Labute approximate surface area is 114 Å². The average Bonchev–Trinajstić information content (AvgIpc) is 2.38. The lowest BCUT2D eigenvalue weighted by Gasteiger charge is -2.30. The van der Waals surface area contributed by atoms with Crippen LogP contribution in [-0.4, -0.2) is 16.0 Å². The second-order valence-electron chi connectivity index (χ2n) is 4.55. The molecule has 1 fully saturated rings. The molecule has 0 saturated heterocycles. The summed E-state index contributed by atoms with van der Waals surface area (Å²) in [6, 6.07) is 7.79. The van der Waals surface area contributed by atoms with E-state index >= 15 is 0 Å². The highest BCUT2D eigenvalue weighted by Crippen LogP contribution is 2.32. The topological polar surface area (TPSA) is 43.1 Å². The first-order chi connectivity index (χ1) is 8.24. The number of nitrogens with two attached hydrogens (primary N) is 1. The second-order valence-corrected chi connectivity index (χ2v) is 7.04. The molecule has 1 saturated carbocycles. The molecular formula is C13H18BrNOS. The summed E-state index contributed by atoms with van der Waals surface area (Å²) in [7, 11) is -0.938. The first-order valence-electron chi connectivity index (χ1n) is 6.09. The molecule has 4 heteroatoms. The van der Waals surface area contributed by atoms with E-state index < -0.39 is 10.8 Å². The standard InChI is InChI=1S/C13H18BrNOS/c14-11-6-2-4-8-13(11)17(16)12-7-3-1-5-10(12)9-15/h2,4,6,8,10,12H,1,3,5,7,9,15H2. The molecule has 0 aromatic heterocycles. The van der Waals surface area contributed by atoms with Crippen LogP contribution in [0.3, 0.4) is 0 Å². The summed E-state index contributed by atoms with van der Waals surface area (Å²) in [6.07, 6.45) is 4.57. The van der Waals surface area contributed by atoms with Gasteiger partial charge in [-0.25, -0.2) is 0 Å². The number of hydrogen-bond acceptors (Lipinski definition) is 2. The van der Waals surface area contributed by atoms with Crippen molar-refractivity contribution in [2.24, 2.45) is 11.7 Å². The smallest absolute Gasteiger partial charge is 0.0575 e. The average molecular weight is 316 g/mol. The van der Waals surface area contributed by atoms with E-state index in [2.05, 4.69) is 15.9 Å². The quantitative estimate of drug-likeness (QED) is 0.931. The van der Waals surface area contributed by atoms with Crippen molar-refractivity contribution in [2.75, 3.05) is 6.54 Å². The van der Waals surface area contributed by atoms with Crippen molar-refractivity contribution in [1.29, 1.82) is 0 Å². The van der Waals surface area contributed by atoms with Gasteiger partial charge in [-0.05, 0) is 53.4 Å². The van der Waals surface area contributed by atoms with E-state index in [1.165, 1.54) is 12.8 Å². The highest BCUT2D eigenvalue weighted by molar-refractivity contribution is 9.10. The zero-order valence-corrected chi connectivity index (χ0v) is 12.2. The van der Waals surface area contributed by atoms with Crippen LogP contribution in [0.4, 0.5) is 0 Å². The van der Waals surface area contributed by atoms with Gasteiger partial charge in [0.25, 0.3) is 0 Å². The lowest BCUT2D eigenvalue weighted by atomic mass is 9.89. The molecule has 0 bridgehead atoms. The van der Waals surface area contributed by atoms with Crippen LogP contribution in [0.25, 0.3) is 0 Å². The van der Waals surface area contributed by atoms with E-state index in [1.807, 2.05) is 24.3 Å². The molecule has 2 nitrogen and oxygen atoms in total. The van der Waals surface area contributed by atoms with Gasteiger partial charge in [0.2, 0.25) is 0 Å². The molecule has 0 amide bonds.